The zero-order valence-electron chi connectivity index (χ0n) is 11.8. The van der Waals surface area contributed by atoms with Crippen LogP contribution in [0.2, 0.25) is 0 Å². The Balaban J connectivity index is 2.94. The Morgan fingerprint density at radius 3 is 2.50 bits per heavy atom. The summed E-state index contributed by atoms with van der Waals surface area (Å²) in [7, 11) is 3.70. The minimum Gasteiger partial charge on any atom is -0.495 e. The van der Waals surface area contributed by atoms with Crippen molar-refractivity contribution in [3.05, 3.63) is 23.8 Å². The molecular formula is C14H25N3O. The van der Waals surface area contributed by atoms with Gasteiger partial charge in [-0.2, -0.15) is 0 Å². The van der Waals surface area contributed by atoms with Gasteiger partial charge in [-0.05, 0) is 23.6 Å². The predicted molar refractivity (Wildman–Crippen MR) is 77.4 cm³/mol. The minimum atomic E-state index is -0.0236. The van der Waals surface area contributed by atoms with Crippen molar-refractivity contribution >= 4 is 5.69 Å². The second kappa shape index (κ2) is 6.61. The van der Waals surface area contributed by atoms with Crippen molar-refractivity contribution in [2.24, 2.45) is 11.5 Å². The van der Waals surface area contributed by atoms with Gasteiger partial charge in [-0.3, -0.25) is 0 Å². The van der Waals surface area contributed by atoms with Crippen molar-refractivity contribution in [1.29, 1.82) is 0 Å². The molecule has 0 amide bonds. The fraction of sp³-hybridized carbons (Fsp3) is 0.571. The first-order valence-electron chi connectivity index (χ1n) is 6.34. The zero-order valence-corrected chi connectivity index (χ0v) is 11.8. The lowest BCUT2D eigenvalue weighted by Crippen LogP contribution is -2.40. The van der Waals surface area contributed by atoms with E-state index in [0.717, 1.165) is 11.4 Å². The monoisotopic (exact) mass is 251 g/mol. The van der Waals surface area contributed by atoms with Crippen LogP contribution in [0, 0.1) is 0 Å². The van der Waals surface area contributed by atoms with E-state index in [-0.39, 0.29) is 6.04 Å². The molecule has 1 atom stereocenters. The molecule has 1 rings (SSSR count). The van der Waals surface area contributed by atoms with Crippen LogP contribution in [-0.4, -0.2) is 33.3 Å². The van der Waals surface area contributed by atoms with E-state index >= 15 is 0 Å². The van der Waals surface area contributed by atoms with Gasteiger partial charge in [-0.25, -0.2) is 0 Å². The molecule has 0 fully saturated rings. The normalized spacial score (nSPS) is 12.6. The average molecular weight is 251 g/mol. The topological polar surface area (TPSA) is 64.5 Å². The zero-order chi connectivity index (χ0) is 13.7. The highest BCUT2D eigenvalue weighted by Crippen LogP contribution is 2.31. The summed E-state index contributed by atoms with van der Waals surface area (Å²) >= 11 is 0. The molecule has 0 heterocycles. The molecule has 0 bridgehead atoms. The van der Waals surface area contributed by atoms with Crippen LogP contribution in [0.3, 0.4) is 0 Å². The maximum atomic E-state index is 5.87. The number of nitrogens with zero attached hydrogens (tertiary/aromatic N) is 1. The molecule has 0 radical (unpaired) electrons. The second-order valence-electron chi connectivity index (χ2n) is 4.96. The standard InChI is InChI=1S/C14H25N3O/c1-10(2)11-5-6-13(14(7-11)18-4)17(3)9-12(16)8-15/h5-7,10,12H,8-9,15-16H2,1-4H3. The second-order valence-corrected chi connectivity index (χ2v) is 4.96. The van der Waals surface area contributed by atoms with E-state index in [1.807, 2.05) is 7.05 Å². The van der Waals surface area contributed by atoms with Gasteiger partial charge < -0.3 is 21.1 Å². The lowest BCUT2D eigenvalue weighted by atomic mass is 10.0. The number of rotatable bonds is 6. The molecule has 4 N–H and O–H groups in total. The third kappa shape index (κ3) is 3.62. The summed E-state index contributed by atoms with van der Waals surface area (Å²) in [5.41, 5.74) is 13.7. The summed E-state index contributed by atoms with van der Waals surface area (Å²) in [6, 6.07) is 6.28. The molecule has 4 nitrogen and oxygen atoms in total. The first-order chi connectivity index (χ1) is 8.49. The summed E-state index contributed by atoms with van der Waals surface area (Å²) in [5.74, 6) is 1.37. The summed E-state index contributed by atoms with van der Waals surface area (Å²) < 4.78 is 5.46. The quantitative estimate of drug-likeness (QED) is 0.805. The molecule has 0 saturated carbocycles. The van der Waals surface area contributed by atoms with Gasteiger partial charge >= 0.3 is 0 Å². The maximum Gasteiger partial charge on any atom is 0.142 e. The van der Waals surface area contributed by atoms with Crippen LogP contribution in [-0.2, 0) is 0 Å². The van der Waals surface area contributed by atoms with Crippen molar-refractivity contribution in [1.82, 2.24) is 0 Å². The average Bonchev–Trinajstić information content (AvgIpc) is 2.37. The summed E-state index contributed by atoms with van der Waals surface area (Å²) in [6.45, 7) is 5.54. The van der Waals surface area contributed by atoms with Gasteiger partial charge in [0.05, 0.1) is 12.8 Å². The Bertz CT molecular complexity index is 379. The van der Waals surface area contributed by atoms with Crippen molar-refractivity contribution in [2.75, 3.05) is 32.1 Å². The van der Waals surface area contributed by atoms with Gasteiger partial charge in [0.2, 0.25) is 0 Å². The first-order valence-corrected chi connectivity index (χ1v) is 6.34. The number of hydrogen-bond acceptors (Lipinski definition) is 4. The number of hydrogen-bond donors (Lipinski definition) is 2. The smallest absolute Gasteiger partial charge is 0.142 e. The van der Waals surface area contributed by atoms with Crippen LogP contribution in [0.25, 0.3) is 0 Å². The van der Waals surface area contributed by atoms with Gasteiger partial charge in [0.1, 0.15) is 5.75 Å². The lowest BCUT2D eigenvalue weighted by molar-refractivity contribution is 0.413. The van der Waals surface area contributed by atoms with Crippen LogP contribution in [0.4, 0.5) is 5.69 Å². The van der Waals surface area contributed by atoms with E-state index in [9.17, 15) is 0 Å². The molecule has 18 heavy (non-hydrogen) atoms. The molecule has 0 saturated heterocycles. The van der Waals surface area contributed by atoms with Crippen LogP contribution in [0.1, 0.15) is 25.3 Å². The van der Waals surface area contributed by atoms with Gasteiger partial charge in [0, 0.05) is 26.2 Å². The van der Waals surface area contributed by atoms with E-state index in [1.165, 1.54) is 5.56 Å². The van der Waals surface area contributed by atoms with Crippen LogP contribution in [0.5, 0.6) is 5.75 Å². The molecule has 1 aromatic rings. The molecule has 0 aliphatic heterocycles. The Kier molecular flexibility index (Phi) is 5.44. The Labute approximate surface area is 110 Å². The van der Waals surface area contributed by atoms with Crippen molar-refractivity contribution < 1.29 is 4.74 Å². The lowest BCUT2D eigenvalue weighted by Gasteiger charge is -2.25. The number of nitrogens with two attached hydrogens (primary N) is 2. The number of methoxy groups -OCH3 is 1. The fourth-order valence-electron chi connectivity index (χ4n) is 1.89. The summed E-state index contributed by atoms with van der Waals surface area (Å²) in [4.78, 5) is 2.08. The molecule has 0 aromatic heterocycles. The van der Waals surface area contributed by atoms with Crippen LogP contribution < -0.4 is 21.1 Å². The van der Waals surface area contributed by atoms with Gasteiger partial charge in [-0.15, -0.1) is 0 Å². The van der Waals surface area contributed by atoms with E-state index < -0.39 is 0 Å². The van der Waals surface area contributed by atoms with Crippen molar-refractivity contribution in [2.45, 2.75) is 25.8 Å². The van der Waals surface area contributed by atoms with Gasteiger partial charge in [0.15, 0.2) is 0 Å². The van der Waals surface area contributed by atoms with Gasteiger partial charge in [-0.1, -0.05) is 19.9 Å². The molecule has 4 heteroatoms. The maximum absolute atomic E-state index is 5.87. The summed E-state index contributed by atoms with van der Waals surface area (Å²) in [6.07, 6.45) is 0. The van der Waals surface area contributed by atoms with E-state index in [1.54, 1.807) is 7.11 Å². The SMILES string of the molecule is COc1cc(C(C)C)ccc1N(C)CC(N)CN. The molecule has 0 spiro atoms. The fourth-order valence-corrected chi connectivity index (χ4v) is 1.89. The van der Waals surface area contributed by atoms with E-state index in [4.69, 9.17) is 16.2 Å². The first kappa shape index (κ1) is 14.8. The highest BCUT2D eigenvalue weighted by molar-refractivity contribution is 5.59. The van der Waals surface area contributed by atoms with Crippen LogP contribution in [0.15, 0.2) is 18.2 Å². The minimum absolute atomic E-state index is 0.0236. The molecule has 1 aromatic carbocycles. The third-order valence-electron chi connectivity index (χ3n) is 3.09. The number of benzene rings is 1. The van der Waals surface area contributed by atoms with E-state index in [0.29, 0.717) is 19.0 Å². The highest BCUT2D eigenvalue weighted by atomic mass is 16.5. The summed E-state index contributed by atoms with van der Waals surface area (Å²) in [5, 5.41) is 0. The number of ether oxygens (including phenoxy) is 1. The Hall–Kier alpha value is -1.26. The highest BCUT2D eigenvalue weighted by Gasteiger charge is 2.12. The van der Waals surface area contributed by atoms with Crippen LogP contribution >= 0.6 is 0 Å². The van der Waals surface area contributed by atoms with E-state index in [2.05, 4.69) is 36.9 Å². The largest absolute Gasteiger partial charge is 0.495 e. The molecule has 102 valence electrons. The third-order valence-corrected chi connectivity index (χ3v) is 3.09. The number of anilines is 1. The van der Waals surface area contributed by atoms with Crippen molar-refractivity contribution in [3.63, 3.8) is 0 Å². The predicted octanol–water partition coefficient (Wildman–Crippen LogP) is 1.54. The Morgan fingerprint density at radius 1 is 1.33 bits per heavy atom. The molecule has 1 unspecified atom stereocenters. The number of likely N-dealkylation sites (N-methyl/N-ethyl adjacent to an activating group) is 1. The Morgan fingerprint density at radius 2 is 2.00 bits per heavy atom. The van der Waals surface area contributed by atoms with Crippen molar-refractivity contribution in [3.8, 4) is 5.75 Å². The molecular weight excluding hydrogens is 226 g/mol. The molecule has 0 aliphatic carbocycles. The van der Waals surface area contributed by atoms with Gasteiger partial charge in [0.25, 0.3) is 0 Å². The molecule has 0 aliphatic rings.